The molecule has 0 bridgehead atoms. The molecule has 3 heteroatoms. The number of hydrogen-bond donors (Lipinski definition) is 2. The summed E-state index contributed by atoms with van der Waals surface area (Å²) in [6, 6.07) is 6.19. The van der Waals surface area contributed by atoms with Crippen LogP contribution in [0, 0.1) is 6.92 Å². The Morgan fingerprint density at radius 3 is 2.50 bits per heavy atom. The standard InChI is InChI=1S/C15H24N2O/c1-11-10-12(15(2,3)4)7-8-13(11)17-14(18)6-5-9-16/h7-8,10H,5-6,9,16H2,1-4H3,(H,17,18). The number of amides is 1. The van der Waals surface area contributed by atoms with E-state index in [0.29, 0.717) is 13.0 Å². The quantitative estimate of drug-likeness (QED) is 0.860. The van der Waals surface area contributed by atoms with Crippen LogP contribution in [0.2, 0.25) is 0 Å². The van der Waals surface area contributed by atoms with Gasteiger partial charge < -0.3 is 11.1 Å². The molecule has 0 aliphatic heterocycles. The summed E-state index contributed by atoms with van der Waals surface area (Å²) in [5, 5.41) is 2.93. The molecule has 1 aromatic rings. The molecule has 0 aromatic heterocycles. The maximum Gasteiger partial charge on any atom is 0.224 e. The first-order valence-corrected chi connectivity index (χ1v) is 6.45. The van der Waals surface area contributed by atoms with Crippen LogP contribution in [0.4, 0.5) is 5.69 Å². The van der Waals surface area contributed by atoms with Crippen LogP contribution in [-0.2, 0) is 10.2 Å². The van der Waals surface area contributed by atoms with Crippen LogP contribution in [0.5, 0.6) is 0 Å². The molecule has 0 radical (unpaired) electrons. The van der Waals surface area contributed by atoms with Gasteiger partial charge in [-0.05, 0) is 42.5 Å². The van der Waals surface area contributed by atoms with E-state index in [1.54, 1.807) is 0 Å². The third kappa shape index (κ3) is 4.15. The van der Waals surface area contributed by atoms with Crippen molar-refractivity contribution in [3.63, 3.8) is 0 Å². The first kappa shape index (κ1) is 14.7. The molecule has 0 unspecified atom stereocenters. The summed E-state index contributed by atoms with van der Waals surface area (Å²) in [7, 11) is 0. The summed E-state index contributed by atoms with van der Waals surface area (Å²) in [6.45, 7) is 9.12. The zero-order valence-electron chi connectivity index (χ0n) is 11.8. The van der Waals surface area contributed by atoms with Crippen molar-refractivity contribution in [3.05, 3.63) is 29.3 Å². The van der Waals surface area contributed by atoms with Crippen LogP contribution >= 0.6 is 0 Å². The fourth-order valence-corrected chi connectivity index (χ4v) is 1.75. The zero-order chi connectivity index (χ0) is 13.8. The molecule has 0 atom stereocenters. The zero-order valence-corrected chi connectivity index (χ0v) is 11.8. The van der Waals surface area contributed by atoms with Crippen molar-refractivity contribution < 1.29 is 4.79 Å². The average molecular weight is 248 g/mol. The number of carbonyl (C=O) groups is 1. The molecule has 0 heterocycles. The Morgan fingerprint density at radius 1 is 1.33 bits per heavy atom. The minimum absolute atomic E-state index is 0.0343. The van der Waals surface area contributed by atoms with Crippen molar-refractivity contribution >= 4 is 11.6 Å². The molecule has 100 valence electrons. The Kier molecular flexibility index (Phi) is 4.91. The second-order valence-corrected chi connectivity index (χ2v) is 5.72. The lowest BCUT2D eigenvalue weighted by molar-refractivity contribution is -0.116. The summed E-state index contributed by atoms with van der Waals surface area (Å²) >= 11 is 0. The number of nitrogens with two attached hydrogens (primary N) is 1. The van der Waals surface area contributed by atoms with E-state index in [1.807, 2.05) is 13.0 Å². The van der Waals surface area contributed by atoms with Crippen LogP contribution in [0.25, 0.3) is 0 Å². The van der Waals surface area contributed by atoms with Crippen molar-refractivity contribution in [2.24, 2.45) is 5.73 Å². The van der Waals surface area contributed by atoms with Gasteiger partial charge in [0.2, 0.25) is 5.91 Å². The minimum Gasteiger partial charge on any atom is -0.330 e. The molecule has 0 saturated heterocycles. The monoisotopic (exact) mass is 248 g/mol. The molecule has 0 aliphatic rings. The molecular formula is C15H24N2O. The topological polar surface area (TPSA) is 55.1 Å². The highest BCUT2D eigenvalue weighted by atomic mass is 16.1. The predicted molar refractivity (Wildman–Crippen MR) is 76.8 cm³/mol. The lowest BCUT2D eigenvalue weighted by Gasteiger charge is -2.20. The van der Waals surface area contributed by atoms with Gasteiger partial charge in [-0.25, -0.2) is 0 Å². The minimum atomic E-state index is 0.0343. The van der Waals surface area contributed by atoms with Crippen LogP contribution in [0.1, 0.15) is 44.7 Å². The van der Waals surface area contributed by atoms with E-state index in [0.717, 1.165) is 17.7 Å². The Morgan fingerprint density at radius 2 is 2.00 bits per heavy atom. The van der Waals surface area contributed by atoms with Gasteiger partial charge in [-0.1, -0.05) is 32.9 Å². The molecule has 3 nitrogen and oxygen atoms in total. The molecule has 1 amide bonds. The third-order valence-electron chi connectivity index (χ3n) is 2.97. The van der Waals surface area contributed by atoms with E-state index in [-0.39, 0.29) is 11.3 Å². The van der Waals surface area contributed by atoms with Crippen LogP contribution in [0.15, 0.2) is 18.2 Å². The van der Waals surface area contributed by atoms with E-state index in [4.69, 9.17) is 5.73 Å². The third-order valence-corrected chi connectivity index (χ3v) is 2.97. The Bertz CT molecular complexity index is 419. The summed E-state index contributed by atoms with van der Waals surface area (Å²) in [5.74, 6) is 0.0343. The Balaban J connectivity index is 2.77. The van der Waals surface area contributed by atoms with Gasteiger partial charge in [-0.3, -0.25) is 4.79 Å². The van der Waals surface area contributed by atoms with E-state index >= 15 is 0 Å². The number of aryl methyl sites for hydroxylation is 1. The summed E-state index contributed by atoms with van der Waals surface area (Å²) < 4.78 is 0. The van der Waals surface area contributed by atoms with E-state index in [2.05, 4.69) is 38.2 Å². The second-order valence-electron chi connectivity index (χ2n) is 5.72. The lowest BCUT2D eigenvalue weighted by Crippen LogP contribution is -2.15. The first-order valence-electron chi connectivity index (χ1n) is 6.45. The average Bonchev–Trinajstić information content (AvgIpc) is 2.27. The highest BCUT2D eigenvalue weighted by Crippen LogP contribution is 2.26. The molecule has 0 saturated carbocycles. The summed E-state index contributed by atoms with van der Waals surface area (Å²) in [4.78, 5) is 11.6. The molecule has 3 N–H and O–H groups in total. The van der Waals surface area contributed by atoms with Gasteiger partial charge in [-0.2, -0.15) is 0 Å². The fraction of sp³-hybridized carbons (Fsp3) is 0.533. The van der Waals surface area contributed by atoms with Crippen LogP contribution in [-0.4, -0.2) is 12.5 Å². The fourth-order valence-electron chi connectivity index (χ4n) is 1.75. The van der Waals surface area contributed by atoms with Gasteiger partial charge in [0, 0.05) is 12.1 Å². The SMILES string of the molecule is Cc1cc(C(C)(C)C)ccc1NC(=O)CCCN. The molecule has 18 heavy (non-hydrogen) atoms. The molecule has 0 spiro atoms. The Labute approximate surface area is 110 Å². The summed E-state index contributed by atoms with van der Waals surface area (Å²) in [6.07, 6.45) is 1.21. The molecule has 0 aliphatic carbocycles. The van der Waals surface area contributed by atoms with Gasteiger partial charge in [0.05, 0.1) is 0 Å². The number of benzene rings is 1. The smallest absolute Gasteiger partial charge is 0.224 e. The molecular weight excluding hydrogens is 224 g/mol. The van der Waals surface area contributed by atoms with Crippen molar-refractivity contribution in [1.82, 2.24) is 0 Å². The largest absolute Gasteiger partial charge is 0.330 e. The van der Waals surface area contributed by atoms with Gasteiger partial charge >= 0.3 is 0 Å². The van der Waals surface area contributed by atoms with Crippen molar-refractivity contribution in [2.75, 3.05) is 11.9 Å². The lowest BCUT2D eigenvalue weighted by atomic mass is 9.86. The van der Waals surface area contributed by atoms with Crippen molar-refractivity contribution in [1.29, 1.82) is 0 Å². The number of hydrogen-bond acceptors (Lipinski definition) is 2. The number of nitrogens with one attached hydrogen (secondary N) is 1. The van der Waals surface area contributed by atoms with Crippen LogP contribution in [0.3, 0.4) is 0 Å². The van der Waals surface area contributed by atoms with E-state index in [9.17, 15) is 4.79 Å². The van der Waals surface area contributed by atoms with Crippen molar-refractivity contribution in [2.45, 2.75) is 46.0 Å². The highest BCUT2D eigenvalue weighted by Gasteiger charge is 2.14. The van der Waals surface area contributed by atoms with Crippen molar-refractivity contribution in [3.8, 4) is 0 Å². The van der Waals surface area contributed by atoms with Gasteiger partial charge in [0.25, 0.3) is 0 Å². The van der Waals surface area contributed by atoms with Gasteiger partial charge in [0.1, 0.15) is 0 Å². The number of carbonyl (C=O) groups excluding carboxylic acids is 1. The predicted octanol–water partition coefficient (Wildman–Crippen LogP) is 2.97. The first-order chi connectivity index (χ1) is 8.34. The molecule has 0 fully saturated rings. The number of rotatable bonds is 4. The van der Waals surface area contributed by atoms with Gasteiger partial charge in [0.15, 0.2) is 0 Å². The normalized spacial score (nSPS) is 11.4. The van der Waals surface area contributed by atoms with Gasteiger partial charge in [-0.15, -0.1) is 0 Å². The maximum atomic E-state index is 11.6. The van der Waals surface area contributed by atoms with Crippen LogP contribution < -0.4 is 11.1 Å². The summed E-state index contributed by atoms with van der Waals surface area (Å²) in [5.41, 5.74) is 8.79. The Hall–Kier alpha value is -1.35. The maximum absolute atomic E-state index is 11.6. The highest BCUT2D eigenvalue weighted by molar-refractivity contribution is 5.91. The number of anilines is 1. The molecule has 1 rings (SSSR count). The van der Waals surface area contributed by atoms with E-state index < -0.39 is 0 Å². The van der Waals surface area contributed by atoms with E-state index in [1.165, 1.54) is 5.56 Å². The molecule has 1 aromatic carbocycles. The second kappa shape index (κ2) is 6.01.